The minimum absolute atomic E-state index is 0.0698. The van der Waals surface area contributed by atoms with E-state index in [2.05, 4.69) is 10.3 Å². The Bertz CT molecular complexity index is 919. The van der Waals surface area contributed by atoms with Gasteiger partial charge < -0.3 is 19.5 Å². The Kier molecular flexibility index (Phi) is 7.74. The van der Waals surface area contributed by atoms with Crippen molar-refractivity contribution in [3.63, 3.8) is 0 Å². The van der Waals surface area contributed by atoms with Crippen LogP contribution < -0.4 is 5.32 Å². The fourth-order valence-electron chi connectivity index (χ4n) is 3.38. The van der Waals surface area contributed by atoms with Crippen LogP contribution in [-0.2, 0) is 18.3 Å². The molecule has 8 nitrogen and oxygen atoms in total. The van der Waals surface area contributed by atoms with E-state index in [0.29, 0.717) is 22.5 Å². The van der Waals surface area contributed by atoms with Gasteiger partial charge in [0.2, 0.25) is 0 Å². The van der Waals surface area contributed by atoms with Crippen LogP contribution in [0.25, 0.3) is 0 Å². The molecule has 2 aromatic heterocycles. The Balaban J connectivity index is 2.34. The zero-order valence-corrected chi connectivity index (χ0v) is 18.5. The molecule has 0 atom stereocenters. The molecular formula is C22H30N4O4. The lowest BCUT2D eigenvalue weighted by Gasteiger charge is -2.24. The number of nitrogens with one attached hydrogen (secondary N) is 1. The van der Waals surface area contributed by atoms with Gasteiger partial charge in [0.15, 0.2) is 5.78 Å². The Morgan fingerprint density at radius 3 is 2.53 bits per heavy atom. The Morgan fingerprint density at radius 2 is 1.97 bits per heavy atom. The quantitative estimate of drug-likeness (QED) is 0.529. The van der Waals surface area contributed by atoms with Gasteiger partial charge in [-0.05, 0) is 51.8 Å². The highest BCUT2D eigenvalue weighted by Gasteiger charge is 2.28. The van der Waals surface area contributed by atoms with E-state index in [1.807, 2.05) is 19.9 Å². The number of nitrogens with zero attached hydrogens (tertiary/aromatic N) is 3. The van der Waals surface area contributed by atoms with Crippen LogP contribution in [0.1, 0.15) is 58.4 Å². The lowest BCUT2D eigenvalue weighted by molar-refractivity contribution is 0.0514. The van der Waals surface area contributed by atoms with Crippen LogP contribution >= 0.6 is 0 Å². The largest absolute Gasteiger partial charge is 0.461 e. The van der Waals surface area contributed by atoms with Crippen molar-refractivity contribution in [3.05, 3.63) is 52.6 Å². The van der Waals surface area contributed by atoms with Crippen molar-refractivity contribution in [3.8, 4) is 0 Å². The van der Waals surface area contributed by atoms with Crippen molar-refractivity contribution in [1.29, 1.82) is 0 Å². The third kappa shape index (κ3) is 5.25. The average Bonchev–Trinajstić information content (AvgIpc) is 2.90. The van der Waals surface area contributed by atoms with Gasteiger partial charge in [-0.1, -0.05) is 6.07 Å². The van der Waals surface area contributed by atoms with E-state index in [1.54, 1.807) is 50.8 Å². The molecule has 8 heteroatoms. The van der Waals surface area contributed by atoms with Gasteiger partial charge in [-0.15, -0.1) is 0 Å². The molecule has 0 saturated carbocycles. The normalized spacial score (nSPS) is 10.8. The van der Waals surface area contributed by atoms with Crippen molar-refractivity contribution >= 4 is 17.8 Å². The minimum Gasteiger partial charge on any atom is -0.461 e. The number of aromatic nitrogens is 2. The molecule has 0 bridgehead atoms. The molecule has 0 aromatic carbocycles. The van der Waals surface area contributed by atoms with Crippen LogP contribution in [0.3, 0.4) is 0 Å². The Labute approximate surface area is 177 Å². The van der Waals surface area contributed by atoms with E-state index in [1.165, 1.54) is 4.90 Å². The van der Waals surface area contributed by atoms with Gasteiger partial charge in [-0.2, -0.15) is 0 Å². The molecular weight excluding hydrogens is 384 g/mol. The first-order valence-electron chi connectivity index (χ1n) is 9.97. The highest BCUT2D eigenvalue weighted by Crippen LogP contribution is 2.23. The van der Waals surface area contributed by atoms with Crippen molar-refractivity contribution in [2.45, 2.75) is 47.2 Å². The maximum absolute atomic E-state index is 13.2. The van der Waals surface area contributed by atoms with E-state index in [-0.39, 0.29) is 37.6 Å². The van der Waals surface area contributed by atoms with E-state index in [4.69, 9.17) is 4.74 Å². The van der Waals surface area contributed by atoms with Crippen molar-refractivity contribution in [1.82, 2.24) is 19.8 Å². The number of esters is 1. The summed E-state index contributed by atoms with van der Waals surface area (Å²) >= 11 is 0. The molecule has 2 aromatic rings. The van der Waals surface area contributed by atoms with E-state index >= 15 is 0 Å². The van der Waals surface area contributed by atoms with Crippen LogP contribution in [0.15, 0.2) is 24.5 Å². The Hall–Kier alpha value is -3.16. The van der Waals surface area contributed by atoms with Gasteiger partial charge in [0.05, 0.1) is 13.2 Å². The molecule has 162 valence electrons. The van der Waals surface area contributed by atoms with Gasteiger partial charge >= 0.3 is 12.0 Å². The molecule has 0 unspecified atom stereocenters. The van der Waals surface area contributed by atoms with E-state index in [9.17, 15) is 14.4 Å². The second kappa shape index (κ2) is 10.0. The average molecular weight is 415 g/mol. The summed E-state index contributed by atoms with van der Waals surface area (Å²) in [7, 11) is 1.73. The molecule has 0 aliphatic carbocycles. The number of Topliss-reactive ketones (excluding diaryl/α,β-unsaturated/α-hetero) is 1. The van der Waals surface area contributed by atoms with Crippen molar-refractivity contribution in [2.24, 2.45) is 7.05 Å². The summed E-state index contributed by atoms with van der Waals surface area (Å²) < 4.78 is 6.79. The lowest BCUT2D eigenvalue weighted by atomic mass is 10.0. The molecule has 0 spiro atoms. The summed E-state index contributed by atoms with van der Waals surface area (Å²) in [4.78, 5) is 43.8. The zero-order valence-electron chi connectivity index (χ0n) is 18.5. The first-order chi connectivity index (χ1) is 14.2. The Morgan fingerprint density at radius 1 is 1.27 bits per heavy atom. The topological polar surface area (TPSA) is 93.5 Å². The maximum atomic E-state index is 13.2. The SMILES string of the molecule is CCOC(=O)c1c(C)c(C(=O)CN(Cc2cccnc2)C(=O)NC(C)C)c(C)n1C. The van der Waals surface area contributed by atoms with Gasteiger partial charge in [0, 0.05) is 43.3 Å². The van der Waals surface area contributed by atoms with Gasteiger partial charge in [0.1, 0.15) is 5.69 Å². The summed E-state index contributed by atoms with van der Waals surface area (Å²) in [6, 6.07) is 3.23. The van der Waals surface area contributed by atoms with Gasteiger partial charge in [-0.3, -0.25) is 9.78 Å². The summed E-state index contributed by atoms with van der Waals surface area (Å²) in [6.07, 6.45) is 3.32. The predicted molar refractivity (Wildman–Crippen MR) is 113 cm³/mol. The van der Waals surface area contributed by atoms with Gasteiger partial charge in [-0.25, -0.2) is 9.59 Å². The second-order valence-electron chi connectivity index (χ2n) is 7.46. The highest BCUT2D eigenvalue weighted by atomic mass is 16.5. The molecule has 0 fully saturated rings. The number of pyridine rings is 1. The van der Waals surface area contributed by atoms with E-state index < -0.39 is 5.97 Å². The van der Waals surface area contributed by atoms with Crippen molar-refractivity contribution < 1.29 is 19.1 Å². The zero-order chi connectivity index (χ0) is 22.4. The third-order valence-corrected chi connectivity index (χ3v) is 4.81. The molecule has 0 aliphatic heterocycles. The number of hydrogen-bond acceptors (Lipinski definition) is 5. The number of ketones is 1. The molecule has 0 radical (unpaired) electrons. The summed E-state index contributed by atoms with van der Waals surface area (Å²) in [5.41, 5.74) is 2.82. The number of amides is 2. The maximum Gasteiger partial charge on any atom is 0.355 e. The minimum atomic E-state index is -0.468. The number of rotatable bonds is 8. The fraction of sp³-hybridized carbons (Fsp3) is 0.455. The van der Waals surface area contributed by atoms with Crippen molar-refractivity contribution in [2.75, 3.05) is 13.2 Å². The first kappa shape index (κ1) is 23.1. The number of urea groups is 1. The van der Waals surface area contributed by atoms with Crippen LogP contribution in [0, 0.1) is 13.8 Å². The molecule has 30 heavy (non-hydrogen) atoms. The molecule has 1 N–H and O–H groups in total. The highest BCUT2D eigenvalue weighted by molar-refractivity contribution is 6.04. The summed E-state index contributed by atoms with van der Waals surface area (Å²) in [6.45, 7) is 9.33. The lowest BCUT2D eigenvalue weighted by Crippen LogP contribution is -2.44. The number of ether oxygens (including phenoxy) is 1. The monoisotopic (exact) mass is 414 g/mol. The second-order valence-corrected chi connectivity index (χ2v) is 7.46. The van der Waals surface area contributed by atoms with Crippen LogP contribution in [0.2, 0.25) is 0 Å². The number of carbonyl (C=O) groups is 3. The number of carbonyl (C=O) groups excluding carboxylic acids is 3. The predicted octanol–water partition coefficient (Wildman–Crippen LogP) is 3.02. The van der Waals surface area contributed by atoms with E-state index in [0.717, 1.165) is 5.56 Å². The molecule has 0 saturated heterocycles. The first-order valence-corrected chi connectivity index (χ1v) is 9.97. The summed E-state index contributed by atoms with van der Waals surface area (Å²) in [5.74, 6) is -0.705. The molecule has 2 rings (SSSR count). The molecule has 2 amide bonds. The van der Waals surface area contributed by atoms with Crippen LogP contribution in [0.4, 0.5) is 4.79 Å². The van der Waals surface area contributed by atoms with Crippen LogP contribution in [-0.4, -0.2) is 51.4 Å². The standard InChI is InChI=1S/C22H30N4O4/c1-7-30-21(28)20-15(4)19(16(5)25(20)6)18(27)13-26(22(29)24-14(2)3)12-17-9-8-10-23-11-17/h8-11,14H,7,12-13H2,1-6H3,(H,24,29). The smallest absolute Gasteiger partial charge is 0.355 e. The van der Waals surface area contributed by atoms with Crippen LogP contribution in [0.5, 0.6) is 0 Å². The summed E-state index contributed by atoms with van der Waals surface area (Å²) in [5, 5.41) is 2.84. The third-order valence-electron chi connectivity index (χ3n) is 4.81. The molecule has 2 heterocycles. The fourth-order valence-corrected chi connectivity index (χ4v) is 3.38. The molecule has 0 aliphatic rings. The number of hydrogen-bond donors (Lipinski definition) is 1. The van der Waals surface area contributed by atoms with Gasteiger partial charge in [0.25, 0.3) is 0 Å².